The van der Waals surface area contributed by atoms with Crippen LogP contribution in [0.3, 0.4) is 0 Å². The van der Waals surface area contributed by atoms with E-state index in [1.54, 1.807) is 0 Å². The molecule has 78 valence electrons. The number of halogens is 3. The van der Waals surface area contributed by atoms with Gasteiger partial charge in [-0.25, -0.2) is 0 Å². The van der Waals surface area contributed by atoms with Crippen LogP contribution in [0.1, 0.15) is 13.3 Å². The van der Waals surface area contributed by atoms with Gasteiger partial charge in [0.15, 0.2) is 5.60 Å². The van der Waals surface area contributed by atoms with Crippen molar-refractivity contribution >= 4 is 0 Å². The van der Waals surface area contributed by atoms with Gasteiger partial charge in [0.2, 0.25) is 0 Å². The Hall–Kier alpha value is -0.550. The molecule has 0 aromatic carbocycles. The highest BCUT2D eigenvalue weighted by Gasteiger charge is 2.51. The smallest absolute Gasteiger partial charge is 0.359 e. The summed E-state index contributed by atoms with van der Waals surface area (Å²) in [6.45, 7) is 3.83. The zero-order valence-corrected chi connectivity index (χ0v) is 7.65. The average molecular weight is 198 g/mol. The Morgan fingerprint density at radius 2 is 1.92 bits per heavy atom. The molecule has 0 aliphatic rings. The first-order chi connectivity index (χ1) is 5.87. The normalized spacial score (nSPS) is 16.7. The molecule has 0 radical (unpaired) electrons. The summed E-state index contributed by atoms with van der Waals surface area (Å²) in [5, 5.41) is 0. The maximum Gasteiger partial charge on any atom is 0.417 e. The van der Waals surface area contributed by atoms with Gasteiger partial charge in [-0.3, -0.25) is 0 Å². The molecule has 0 amide bonds. The van der Waals surface area contributed by atoms with Crippen molar-refractivity contribution in [1.29, 1.82) is 0 Å². The van der Waals surface area contributed by atoms with Crippen LogP contribution in [0.2, 0.25) is 0 Å². The molecular weight excluding hydrogens is 185 g/mol. The maximum atomic E-state index is 12.4. The van der Waals surface area contributed by atoms with E-state index in [0.29, 0.717) is 0 Å². The topological polar surface area (TPSA) is 18.5 Å². The largest absolute Gasteiger partial charge is 0.417 e. The second-order valence-corrected chi connectivity index (χ2v) is 2.77. The van der Waals surface area contributed by atoms with Crippen LogP contribution in [-0.2, 0) is 9.47 Å². The van der Waals surface area contributed by atoms with Crippen LogP contribution in [0.15, 0.2) is 12.7 Å². The second kappa shape index (κ2) is 4.62. The third-order valence-corrected chi connectivity index (χ3v) is 1.63. The number of alkyl halides is 3. The molecular formula is C8H13F3O2. The van der Waals surface area contributed by atoms with Gasteiger partial charge >= 0.3 is 6.18 Å². The zero-order chi connectivity index (χ0) is 10.5. The highest BCUT2D eigenvalue weighted by Crippen LogP contribution is 2.36. The molecule has 1 atom stereocenters. The fourth-order valence-corrected chi connectivity index (χ4v) is 0.721. The summed E-state index contributed by atoms with van der Waals surface area (Å²) < 4.78 is 46.1. The van der Waals surface area contributed by atoms with Gasteiger partial charge in [-0.2, -0.15) is 13.2 Å². The number of ether oxygens (including phenoxy) is 2. The molecule has 0 aliphatic carbocycles. The van der Waals surface area contributed by atoms with Crippen LogP contribution in [0, 0.1) is 0 Å². The van der Waals surface area contributed by atoms with E-state index >= 15 is 0 Å². The van der Waals surface area contributed by atoms with Crippen LogP contribution < -0.4 is 0 Å². The monoisotopic (exact) mass is 198 g/mol. The number of hydrogen-bond donors (Lipinski definition) is 0. The fraction of sp³-hybridized carbons (Fsp3) is 0.750. The molecule has 0 aromatic heterocycles. The van der Waals surface area contributed by atoms with E-state index in [0.717, 1.165) is 6.92 Å². The van der Waals surface area contributed by atoms with Gasteiger partial charge in [-0.15, -0.1) is 6.58 Å². The van der Waals surface area contributed by atoms with Crippen LogP contribution >= 0.6 is 0 Å². The predicted octanol–water partition coefficient (Wildman–Crippen LogP) is 2.50. The Bertz CT molecular complexity index is 167. The van der Waals surface area contributed by atoms with Gasteiger partial charge in [0.1, 0.15) is 6.79 Å². The average Bonchev–Trinajstić information content (AvgIpc) is 1.99. The van der Waals surface area contributed by atoms with E-state index in [1.165, 1.54) is 13.2 Å². The molecule has 0 saturated carbocycles. The Kier molecular flexibility index (Phi) is 4.43. The lowest BCUT2D eigenvalue weighted by Gasteiger charge is -2.30. The molecule has 0 spiro atoms. The van der Waals surface area contributed by atoms with Crippen LogP contribution in [0.4, 0.5) is 13.2 Å². The lowest BCUT2D eigenvalue weighted by atomic mass is 10.0. The van der Waals surface area contributed by atoms with Crippen molar-refractivity contribution in [3.8, 4) is 0 Å². The van der Waals surface area contributed by atoms with E-state index < -0.39 is 11.8 Å². The fourth-order valence-electron chi connectivity index (χ4n) is 0.721. The molecule has 0 N–H and O–H groups in total. The van der Waals surface area contributed by atoms with Gasteiger partial charge < -0.3 is 9.47 Å². The summed E-state index contributed by atoms with van der Waals surface area (Å²) in [4.78, 5) is 0. The summed E-state index contributed by atoms with van der Waals surface area (Å²) >= 11 is 0. The second-order valence-electron chi connectivity index (χ2n) is 2.77. The minimum Gasteiger partial charge on any atom is -0.359 e. The predicted molar refractivity (Wildman–Crippen MR) is 42.2 cm³/mol. The van der Waals surface area contributed by atoms with Crippen molar-refractivity contribution in [2.45, 2.75) is 25.1 Å². The van der Waals surface area contributed by atoms with E-state index in [-0.39, 0.29) is 13.2 Å². The highest BCUT2D eigenvalue weighted by molar-refractivity contribution is 4.90. The molecule has 2 nitrogen and oxygen atoms in total. The number of rotatable bonds is 5. The van der Waals surface area contributed by atoms with Crippen molar-refractivity contribution in [3.63, 3.8) is 0 Å². The molecule has 0 fully saturated rings. The maximum absolute atomic E-state index is 12.4. The molecule has 0 rings (SSSR count). The zero-order valence-electron chi connectivity index (χ0n) is 7.65. The van der Waals surface area contributed by atoms with E-state index in [9.17, 15) is 13.2 Å². The summed E-state index contributed by atoms with van der Waals surface area (Å²) in [7, 11) is 1.27. The van der Waals surface area contributed by atoms with Crippen molar-refractivity contribution < 1.29 is 22.6 Å². The van der Waals surface area contributed by atoms with E-state index in [4.69, 9.17) is 0 Å². The van der Waals surface area contributed by atoms with E-state index in [2.05, 4.69) is 16.1 Å². The number of hydrogen-bond acceptors (Lipinski definition) is 2. The Balaban J connectivity index is 4.42. The Morgan fingerprint density at radius 1 is 1.38 bits per heavy atom. The molecule has 0 heterocycles. The van der Waals surface area contributed by atoms with Crippen LogP contribution in [-0.4, -0.2) is 25.7 Å². The third-order valence-electron chi connectivity index (χ3n) is 1.63. The molecule has 0 aromatic rings. The SMILES string of the molecule is C=CCC(C)(OCOC)C(F)(F)F. The standard InChI is InChI=1S/C8H13F3O2/c1-4-5-7(2,8(9,10)11)13-6-12-3/h4H,1,5-6H2,2-3H3. The first-order valence-electron chi connectivity index (χ1n) is 3.68. The molecule has 13 heavy (non-hydrogen) atoms. The Morgan fingerprint density at radius 3 is 2.23 bits per heavy atom. The summed E-state index contributed by atoms with van der Waals surface area (Å²) in [5.41, 5.74) is -2.20. The third kappa shape index (κ3) is 3.36. The molecule has 0 aliphatic heterocycles. The van der Waals surface area contributed by atoms with Crippen molar-refractivity contribution in [1.82, 2.24) is 0 Å². The van der Waals surface area contributed by atoms with Gasteiger partial charge in [0.05, 0.1) is 0 Å². The van der Waals surface area contributed by atoms with Gasteiger partial charge in [-0.1, -0.05) is 6.08 Å². The first kappa shape index (κ1) is 12.4. The van der Waals surface area contributed by atoms with Gasteiger partial charge in [0, 0.05) is 13.5 Å². The van der Waals surface area contributed by atoms with Crippen molar-refractivity contribution in [2.75, 3.05) is 13.9 Å². The van der Waals surface area contributed by atoms with E-state index in [1.807, 2.05) is 0 Å². The molecule has 1 unspecified atom stereocenters. The van der Waals surface area contributed by atoms with Crippen LogP contribution in [0.5, 0.6) is 0 Å². The Labute approximate surface area is 75.3 Å². The summed E-state index contributed by atoms with van der Waals surface area (Å²) in [6, 6.07) is 0. The highest BCUT2D eigenvalue weighted by atomic mass is 19.4. The van der Waals surface area contributed by atoms with Crippen molar-refractivity contribution in [3.05, 3.63) is 12.7 Å². The first-order valence-corrected chi connectivity index (χ1v) is 3.68. The van der Waals surface area contributed by atoms with Crippen LogP contribution in [0.25, 0.3) is 0 Å². The summed E-state index contributed by atoms with van der Waals surface area (Å²) in [6.07, 6.45) is -3.54. The molecule has 0 saturated heterocycles. The lowest BCUT2D eigenvalue weighted by molar-refractivity contribution is -0.288. The lowest BCUT2D eigenvalue weighted by Crippen LogP contribution is -2.44. The summed E-state index contributed by atoms with van der Waals surface area (Å²) in [5.74, 6) is 0. The molecule has 0 bridgehead atoms. The quantitative estimate of drug-likeness (QED) is 0.499. The minimum absolute atomic E-state index is 0.292. The van der Waals surface area contributed by atoms with Gasteiger partial charge in [-0.05, 0) is 6.92 Å². The van der Waals surface area contributed by atoms with Crippen molar-refractivity contribution in [2.24, 2.45) is 0 Å². The minimum atomic E-state index is -4.42. The number of methoxy groups -OCH3 is 1. The molecule has 5 heteroatoms. The van der Waals surface area contributed by atoms with Gasteiger partial charge in [0.25, 0.3) is 0 Å².